The molecule has 1 aromatic rings. The van der Waals surface area contributed by atoms with Crippen LogP contribution in [0.1, 0.15) is 12.0 Å². The van der Waals surface area contributed by atoms with Gasteiger partial charge in [0.15, 0.2) is 0 Å². The van der Waals surface area contributed by atoms with Gasteiger partial charge in [-0.25, -0.2) is 4.98 Å². The Labute approximate surface area is 90.9 Å². The van der Waals surface area contributed by atoms with E-state index in [0.29, 0.717) is 0 Å². The minimum absolute atomic E-state index is 0.241. The molecule has 0 saturated heterocycles. The molecule has 1 heterocycles. The van der Waals surface area contributed by atoms with E-state index < -0.39 is 0 Å². The second-order valence-corrected chi connectivity index (χ2v) is 3.67. The standard InChI is InChI=1S/C11H19N3O/c1-14(2)11-5-4-10(9-13-11)8-12-6-3-7-15/h4-5,9,12,15H,3,6-8H2,1-2H3. The Balaban J connectivity index is 2.36. The highest BCUT2D eigenvalue weighted by molar-refractivity contribution is 5.37. The van der Waals surface area contributed by atoms with Crippen LogP contribution in [0.4, 0.5) is 5.82 Å². The number of aliphatic hydroxyl groups excluding tert-OH is 1. The summed E-state index contributed by atoms with van der Waals surface area (Å²) < 4.78 is 0. The number of hydrogen-bond donors (Lipinski definition) is 2. The van der Waals surface area contributed by atoms with Gasteiger partial charge >= 0.3 is 0 Å². The van der Waals surface area contributed by atoms with Crippen molar-refractivity contribution in [3.8, 4) is 0 Å². The second-order valence-electron chi connectivity index (χ2n) is 3.67. The van der Waals surface area contributed by atoms with Crippen molar-refractivity contribution in [2.45, 2.75) is 13.0 Å². The van der Waals surface area contributed by atoms with Crippen LogP contribution in [-0.2, 0) is 6.54 Å². The van der Waals surface area contributed by atoms with Crippen LogP contribution < -0.4 is 10.2 Å². The first kappa shape index (κ1) is 11.9. The van der Waals surface area contributed by atoms with Crippen LogP contribution in [0.15, 0.2) is 18.3 Å². The molecule has 0 atom stereocenters. The third-order valence-electron chi connectivity index (χ3n) is 2.11. The van der Waals surface area contributed by atoms with Gasteiger partial charge in [0, 0.05) is 33.4 Å². The molecule has 0 spiro atoms. The quantitative estimate of drug-likeness (QED) is 0.674. The van der Waals surface area contributed by atoms with Gasteiger partial charge in [-0.1, -0.05) is 6.07 Å². The maximum Gasteiger partial charge on any atom is 0.127 e. The monoisotopic (exact) mass is 209 g/mol. The van der Waals surface area contributed by atoms with Crippen molar-refractivity contribution in [1.82, 2.24) is 10.3 Å². The zero-order valence-electron chi connectivity index (χ0n) is 9.40. The fourth-order valence-corrected chi connectivity index (χ4v) is 1.22. The topological polar surface area (TPSA) is 48.4 Å². The minimum atomic E-state index is 0.241. The average Bonchev–Trinajstić information content (AvgIpc) is 2.25. The lowest BCUT2D eigenvalue weighted by Crippen LogP contribution is -2.16. The van der Waals surface area contributed by atoms with Crippen LogP contribution in [0.25, 0.3) is 0 Å². The first-order chi connectivity index (χ1) is 7.24. The van der Waals surface area contributed by atoms with E-state index >= 15 is 0 Å². The smallest absolute Gasteiger partial charge is 0.127 e. The van der Waals surface area contributed by atoms with Crippen molar-refractivity contribution in [2.24, 2.45) is 0 Å². The van der Waals surface area contributed by atoms with Crippen LogP contribution in [-0.4, -0.2) is 37.3 Å². The predicted octanol–water partition coefficient (Wildman–Crippen LogP) is 0.620. The van der Waals surface area contributed by atoms with Crippen molar-refractivity contribution in [3.05, 3.63) is 23.9 Å². The molecule has 0 aliphatic carbocycles. The zero-order chi connectivity index (χ0) is 11.1. The first-order valence-electron chi connectivity index (χ1n) is 5.18. The van der Waals surface area contributed by atoms with Gasteiger partial charge in [0.05, 0.1) is 0 Å². The Bertz CT molecular complexity index is 272. The number of nitrogens with zero attached hydrogens (tertiary/aromatic N) is 2. The third kappa shape index (κ3) is 4.27. The van der Waals surface area contributed by atoms with E-state index in [-0.39, 0.29) is 6.61 Å². The number of anilines is 1. The summed E-state index contributed by atoms with van der Waals surface area (Å²) in [6.07, 6.45) is 2.67. The largest absolute Gasteiger partial charge is 0.396 e. The molecular formula is C11H19N3O. The Morgan fingerprint density at radius 3 is 2.73 bits per heavy atom. The maximum atomic E-state index is 8.60. The highest BCUT2D eigenvalue weighted by atomic mass is 16.3. The molecule has 0 bridgehead atoms. The molecule has 1 rings (SSSR count). The highest BCUT2D eigenvalue weighted by Gasteiger charge is 1.97. The van der Waals surface area contributed by atoms with Crippen LogP contribution in [0.3, 0.4) is 0 Å². The summed E-state index contributed by atoms with van der Waals surface area (Å²) in [5.74, 6) is 0.967. The van der Waals surface area contributed by atoms with E-state index in [9.17, 15) is 0 Å². The van der Waals surface area contributed by atoms with Crippen molar-refractivity contribution >= 4 is 5.82 Å². The minimum Gasteiger partial charge on any atom is -0.396 e. The summed E-state index contributed by atoms with van der Waals surface area (Å²) in [4.78, 5) is 6.29. The fourth-order valence-electron chi connectivity index (χ4n) is 1.22. The number of pyridine rings is 1. The summed E-state index contributed by atoms with van der Waals surface area (Å²) in [5, 5.41) is 11.8. The number of rotatable bonds is 6. The van der Waals surface area contributed by atoms with Gasteiger partial charge in [0.25, 0.3) is 0 Å². The summed E-state index contributed by atoms with van der Waals surface area (Å²) in [6.45, 7) is 1.89. The van der Waals surface area contributed by atoms with E-state index in [0.717, 1.165) is 25.3 Å². The summed E-state index contributed by atoms with van der Waals surface area (Å²) in [6, 6.07) is 4.07. The molecule has 0 unspecified atom stereocenters. The van der Waals surface area contributed by atoms with Crippen molar-refractivity contribution in [3.63, 3.8) is 0 Å². The third-order valence-corrected chi connectivity index (χ3v) is 2.11. The average molecular weight is 209 g/mol. The molecule has 15 heavy (non-hydrogen) atoms. The molecule has 2 N–H and O–H groups in total. The van der Waals surface area contributed by atoms with Crippen LogP contribution in [0, 0.1) is 0 Å². The molecule has 0 amide bonds. The van der Waals surface area contributed by atoms with Gasteiger partial charge in [0.2, 0.25) is 0 Å². The molecule has 84 valence electrons. The normalized spacial score (nSPS) is 10.3. The van der Waals surface area contributed by atoms with Gasteiger partial charge in [-0.2, -0.15) is 0 Å². The fraction of sp³-hybridized carbons (Fsp3) is 0.545. The number of aromatic nitrogens is 1. The first-order valence-corrected chi connectivity index (χ1v) is 5.18. The Kier molecular flexibility index (Phi) is 5.07. The van der Waals surface area contributed by atoms with E-state index in [2.05, 4.69) is 16.4 Å². The number of aliphatic hydroxyl groups is 1. The SMILES string of the molecule is CN(C)c1ccc(CNCCCO)cn1. The van der Waals surface area contributed by atoms with Crippen LogP contribution >= 0.6 is 0 Å². The number of hydrogen-bond acceptors (Lipinski definition) is 4. The van der Waals surface area contributed by atoms with Crippen molar-refractivity contribution in [2.75, 3.05) is 32.1 Å². The lowest BCUT2D eigenvalue weighted by atomic mass is 10.2. The van der Waals surface area contributed by atoms with Gasteiger partial charge in [-0.3, -0.25) is 0 Å². The van der Waals surface area contributed by atoms with E-state index in [1.807, 2.05) is 31.3 Å². The van der Waals surface area contributed by atoms with E-state index in [4.69, 9.17) is 5.11 Å². The molecule has 0 aliphatic heterocycles. The van der Waals surface area contributed by atoms with Gasteiger partial charge < -0.3 is 15.3 Å². The number of nitrogens with one attached hydrogen (secondary N) is 1. The molecule has 4 heteroatoms. The van der Waals surface area contributed by atoms with Crippen molar-refractivity contribution in [1.29, 1.82) is 0 Å². The van der Waals surface area contributed by atoms with E-state index in [1.165, 1.54) is 5.56 Å². The van der Waals surface area contributed by atoms with Crippen LogP contribution in [0.5, 0.6) is 0 Å². The lowest BCUT2D eigenvalue weighted by molar-refractivity contribution is 0.286. The molecule has 0 aromatic carbocycles. The van der Waals surface area contributed by atoms with Crippen LogP contribution in [0.2, 0.25) is 0 Å². The summed E-state index contributed by atoms with van der Waals surface area (Å²) in [5.41, 5.74) is 1.17. The predicted molar refractivity (Wildman–Crippen MR) is 62.0 cm³/mol. The maximum absolute atomic E-state index is 8.60. The zero-order valence-corrected chi connectivity index (χ0v) is 9.40. The lowest BCUT2D eigenvalue weighted by Gasteiger charge is -2.11. The molecular weight excluding hydrogens is 190 g/mol. The summed E-state index contributed by atoms with van der Waals surface area (Å²) >= 11 is 0. The summed E-state index contributed by atoms with van der Waals surface area (Å²) in [7, 11) is 3.95. The molecule has 0 fully saturated rings. The van der Waals surface area contributed by atoms with E-state index in [1.54, 1.807) is 0 Å². The Morgan fingerprint density at radius 1 is 1.40 bits per heavy atom. The van der Waals surface area contributed by atoms with Gasteiger partial charge in [-0.05, 0) is 24.6 Å². The molecule has 0 aliphatic rings. The second kappa shape index (κ2) is 6.37. The molecule has 4 nitrogen and oxygen atoms in total. The van der Waals surface area contributed by atoms with Crippen molar-refractivity contribution < 1.29 is 5.11 Å². The van der Waals surface area contributed by atoms with Gasteiger partial charge in [-0.15, -0.1) is 0 Å². The Morgan fingerprint density at radius 2 is 2.20 bits per heavy atom. The Hall–Kier alpha value is -1.13. The highest BCUT2D eigenvalue weighted by Crippen LogP contribution is 2.07. The van der Waals surface area contributed by atoms with Gasteiger partial charge in [0.1, 0.15) is 5.82 Å². The molecule has 0 saturated carbocycles. The molecule has 0 radical (unpaired) electrons. The molecule has 1 aromatic heterocycles.